The molecule has 0 saturated heterocycles. The number of anilines is 1. The lowest BCUT2D eigenvalue weighted by Crippen LogP contribution is -2.01. The number of phenols is 1. The maximum atomic E-state index is 9.68. The number of hydrogen-bond donors (Lipinski definition) is 2. The number of halogens is 1. The van der Waals surface area contributed by atoms with Gasteiger partial charge in [0.25, 0.3) is 0 Å². The SMILES string of the molecule is C/C(=N\Nc1cccc(Cl)n1)c1ccccc1O. The van der Waals surface area contributed by atoms with E-state index in [0.29, 0.717) is 22.2 Å². The van der Waals surface area contributed by atoms with Gasteiger partial charge in [0.2, 0.25) is 0 Å². The Morgan fingerprint density at radius 2 is 2.00 bits per heavy atom. The maximum absolute atomic E-state index is 9.68. The van der Waals surface area contributed by atoms with Crippen molar-refractivity contribution in [1.82, 2.24) is 4.98 Å². The molecule has 0 fully saturated rings. The van der Waals surface area contributed by atoms with Gasteiger partial charge < -0.3 is 5.11 Å². The first-order chi connectivity index (χ1) is 8.66. The average Bonchev–Trinajstić information content (AvgIpc) is 2.37. The minimum atomic E-state index is 0.194. The normalized spacial score (nSPS) is 11.3. The maximum Gasteiger partial charge on any atom is 0.147 e. The zero-order chi connectivity index (χ0) is 13.0. The van der Waals surface area contributed by atoms with Gasteiger partial charge in [-0.15, -0.1) is 0 Å². The second kappa shape index (κ2) is 5.51. The summed E-state index contributed by atoms with van der Waals surface area (Å²) in [5.41, 5.74) is 4.13. The van der Waals surface area contributed by atoms with Crippen molar-refractivity contribution >= 4 is 23.1 Å². The third kappa shape index (κ3) is 2.99. The Morgan fingerprint density at radius 3 is 2.72 bits per heavy atom. The van der Waals surface area contributed by atoms with Gasteiger partial charge in [-0.2, -0.15) is 5.10 Å². The third-order valence-corrected chi connectivity index (χ3v) is 2.56. The predicted molar refractivity (Wildman–Crippen MR) is 73.2 cm³/mol. The molecule has 0 unspecified atom stereocenters. The molecule has 0 aliphatic heterocycles. The molecule has 18 heavy (non-hydrogen) atoms. The molecule has 0 bridgehead atoms. The predicted octanol–water partition coefficient (Wildman–Crippen LogP) is 3.28. The summed E-state index contributed by atoms with van der Waals surface area (Å²) in [6, 6.07) is 12.2. The van der Waals surface area contributed by atoms with E-state index >= 15 is 0 Å². The molecule has 0 radical (unpaired) electrons. The van der Waals surface area contributed by atoms with Crippen molar-refractivity contribution in [3.63, 3.8) is 0 Å². The first-order valence-electron chi connectivity index (χ1n) is 5.38. The Balaban J connectivity index is 2.17. The van der Waals surface area contributed by atoms with Gasteiger partial charge in [0.1, 0.15) is 16.7 Å². The molecule has 0 aliphatic carbocycles. The molecule has 2 aromatic rings. The minimum Gasteiger partial charge on any atom is -0.507 e. The molecule has 1 aromatic carbocycles. The van der Waals surface area contributed by atoms with E-state index in [-0.39, 0.29) is 5.75 Å². The second-order valence-corrected chi connectivity index (χ2v) is 4.06. The molecule has 0 atom stereocenters. The van der Waals surface area contributed by atoms with Crippen LogP contribution in [0, 0.1) is 0 Å². The van der Waals surface area contributed by atoms with Crippen LogP contribution in [-0.2, 0) is 0 Å². The van der Waals surface area contributed by atoms with Crippen molar-refractivity contribution in [3.8, 4) is 5.75 Å². The Bertz CT molecular complexity index is 584. The Labute approximate surface area is 110 Å². The molecule has 1 aromatic heterocycles. The fourth-order valence-corrected chi connectivity index (χ4v) is 1.62. The summed E-state index contributed by atoms with van der Waals surface area (Å²) in [5.74, 6) is 0.747. The highest BCUT2D eigenvalue weighted by atomic mass is 35.5. The largest absolute Gasteiger partial charge is 0.507 e. The van der Waals surface area contributed by atoms with Crippen molar-refractivity contribution in [2.75, 3.05) is 5.43 Å². The van der Waals surface area contributed by atoms with Gasteiger partial charge in [0.15, 0.2) is 0 Å². The van der Waals surface area contributed by atoms with E-state index < -0.39 is 0 Å². The molecule has 4 nitrogen and oxygen atoms in total. The van der Waals surface area contributed by atoms with E-state index in [1.165, 1.54) is 0 Å². The molecule has 0 saturated carbocycles. The Morgan fingerprint density at radius 1 is 1.22 bits per heavy atom. The number of nitrogens with zero attached hydrogens (tertiary/aromatic N) is 2. The van der Waals surface area contributed by atoms with E-state index in [1.54, 1.807) is 43.3 Å². The number of hydrazone groups is 1. The first kappa shape index (κ1) is 12.4. The van der Waals surface area contributed by atoms with E-state index in [1.807, 2.05) is 6.07 Å². The number of nitrogens with one attached hydrogen (secondary N) is 1. The van der Waals surface area contributed by atoms with Crippen LogP contribution in [0.1, 0.15) is 12.5 Å². The van der Waals surface area contributed by atoms with Crippen molar-refractivity contribution in [3.05, 3.63) is 53.2 Å². The lowest BCUT2D eigenvalue weighted by molar-refractivity contribution is 0.474. The summed E-state index contributed by atoms with van der Waals surface area (Å²) < 4.78 is 0. The van der Waals surface area contributed by atoms with Crippen molar-refractivity contribution in [2.45, 2.75) is 6.92 Å². The molecule has 92 valence electrons. The monoisotopic (exact) mass is 261 g/mol. The van der Waals surface area contributed by atoms with Crippen molar-refractivity contribution in [1.29, 1.82) is 0 Å². The smallest absolute Gasteiger partial charge is 0.147 e. The number of rotatable bonds is 3. The van der Waals surface area contributed by atoms with Gasteiger partial charge >= 0.3 is 0 Å². The fourth-order valence-electron chi connectivity index (χ4n) is 1.45. The molecular formula is C13H12ClN3O. The zero-order valence-corrected chi connectivity index (χ0v) is 10.5. The summed E-state index contributed by atoms with van der Waals surface area (Å²) >= 11 is 5.76. The van der Waals surface area contributed by atoms with Crippen LogP contribution in [0.25, 0.3) is 0 Å². The summed E-state index contributed by atoms with van der Waals surface area (Å²) in [4.78, 5) is 4.05. The molecule has 2 N–H and O–H groups in total. The van der Waals surface area contributed by atoms with E-state index in [0.717, 1.165) is 0 Å². The van der Waals surface area contributed by atoms with Gasteiger partial charge in [0.05, 0.1) is 5.71 Å². The minimum absolute atomic E-state index is 0.194. The third-order valence-electron chi connectivity index (χ3n) is 2.35. The highest BCUT2D eigenvalue weighted by molar-refractivity contribution is 6.29. The van der Waals surface area contributed by atoms with Gasteiger partial charge in [-0.05, 0) is 31.2 Å². The molecule has 0 amide bonds. The van der Waals surface area contributed by atoms with Crippen LogP contribution in [0.15, 0.2) is 47.6 Å². The molecule has 0 spiro atoms. The number of pyridine rings is 1. The van der Waals surface area contributed by atoms with Gasteiger partial charge in [0, 0.05) is 5.56 Å². The standard InChI is InChI=1S/C13H12ClN3O/c1-9(10-5-2-3-6-11(10)18)16-17-13-8-4-7-12(14)15-13/h2-8,18H,1H3,(H,15,17)/b16-9+. The van der Waals surface area contributed by atoms with Crippen LogP contribution in [-0.4, -0.2) is 15.8 Å². The summed E-state index contributed by atoms with van der Waals surface area (Å²) in [5, 5.41) is 14.2. The molecule has 2 rings (SSSR count). The highest BCUT2D eigenvalue weighted by Gasteiger charge is 2.03. The van der Waals surface area contributed by atoms with Crippen molar-refractivity contribution < 1.29 is 5.11 Å². The average molecular weight is 262 g/mol. The van der Waals surface area contributed by atoms with Crippen molar-refractivity contribution in [2.24, 2.45) is 5.10 Å². The van der Waals surface area contributed by atoms with Crippen LogP contribution in [0.5, 0.6) is 5.75 Å². The number of phenolic OH excluding ortho intramolecular Hbond substituents is 1. The van der Waals surface area contributed by atoms with Gasteiger partial charge in [-0.1, -0.05) is 29.8 Å². The molecule has 5 heteroatoms. The fraction of sp³-hybridized carbons (Fsp3) is 0.0769. The van der Waals surface area contributed by atoms with Gasteiger partial charge in [-0.3, -0.25) is 5.43 Å². The number of aromatic hydroxyl groups is 1. The number of benzene rings is 1. The van der Waals surface area contributed by atoms with Crippen LogP contribution in [0.3, 0.4) is 0 Å². The lowest BCUT2D eigenvalue weighted by Gasteiger charge is -2.04. The topological polar surface area (TPSA) is 57.5 Å². The lowest BCUT2D eigenvalue weighted by atomic mass is 10.1. The first-order valence-corrected chi connectivity index (χ1v) is 5.76. The molecular weight excluding hydrogens is 250 g/mol. The molecule has 0 aliphatic rings. The number of aromatic nitrogens is 1. The van der Waals surface area contributed by atoms with Gasteiger partial charge in [-0.25, -0.2) is 4.98 Å². The van der Waals surface area contributed by atoms with Crippen LogP contribution in [0.4, 0.5) is 5.82 Å². The second-order valence-electron chi connectivity index (χ2n) is 3.67. The number of para-hydroxylation sites is 1. The van der Waals surface area contributed by atoms with E-state index in [9.17, 15) is 5.11 Å². The Hall–Kier alpha value is -2.07. The quantitative estimate of drug-likeness (QED) is 0.506. The van der Waals surface area contributed by atoms with E-state index in [4.69, 9.17) is 11.6 Å². The van der Waals surface area contributed by atoms with Crippen LogP contribution in [0.2, 0.25) is 5.15 Å². The zero-order valence-electron chi connectivity index (χ0n) is 9.76. The summed E-state index contributed by atoms with van der Waals surface area (Å²) in [6.07, 6.45) is 0. The molecule has 1 heterocycles. The van der Waals surface area contributed by atoms with Crippen LogP contribution >= 0.6 is 11.6 Å². The highest BCUT2D eigenvalue weighted by Crippen LogP contribution is 2.17. The van der Waals surface area contributed by atoms with E-state index in [2.05, 4.69) is 15.5 Å². The van der Waals surface area contributed by atoms with Crippen LogP contribution < -0.4 is 5.43 Å². The summed E-state index contributed by atoms with van der Waals surface area (Å²) in [6.45, 7) is 1.80. The summed E-state index contributed by atoms with van der Waals surface area (Å²) in [7, 11) is 0. The number of hydrogen-bond acceptors (Lipinski definition) is 4. The Kier molecular flexibility index (Phi) is 3.79.